The van der Waals surface area contributed by atoms with E-state index in [-0.39, 0.29) is 0 Å². The summed E-state index contributed by atoms with van der Waals surface area (Å²) in [6.45, 7) is 1.94. The predicted molar refractivity (Wildman–Crippen MR) is 69.8 cm³/mol. The van der Waals surface area contributed by atoms with Gasteiger partial charge in [-0.3, -0.25) is 0 Å². The van der Waals surface area contributed by atoms with Crippen molar-refractivity contribution in [1.29, 1.82) is 0 Å². The van der Waals surface area contributed by atoms with Crippen LogP contribution in [0.2, 0.25) is 0 Å². The summed E-state index contributed by atoms with van der Waals surface area (Å²) in [6, 6.07) is 8.25. The fourth-order valence-corrected chi connectivity index (χ4v) is 2.77. The van der Waals surface area contributed by atoms with Gasteiger partial charge in [-0.2, -0.15) is 0 Å². The van der Waals surface area contributed by atoms with E-state index < -0.39 is 5.60 Å². The molecule has 0 radical (unpaired) electrons. The Bertz CT molecular complexity index is 522. The van der Waals surface area contributed by atoms with Crippen LogP contribution in [0.25, 0.3) is 10.9 Å². The van der Waals surface area contributed by atoms with Gasteiger partial charge in [-0.05, 0) is 48.4 Å². The van der Waals surface area contributed by atoms with Crippen LogP contribution in [-0.2, 0) is 5.60 Å². The molecule has 1 fully saturated rings. The third-order valence-electron chi connectivity index (χ3n) is 4.09. The highest BCUT2D eigenvalue weighted by atomic mass is 16.3. The predicted octanol–water partition coefficient (Wildman–Crippen LogP) is 3.57. The summed E-state index contributed by atoms with van der Waals surface area (Å²) in [5, 5.41) is 11.8. The fourth-order valence-electron chi connectivity index (χ4n) is 2.77. The largest absolute Gasteiger partial charge is 0.385 e. The van der Waals surface area contributed by atoms with Crippen molar-refractivity contribution < 1.29 is 5.11 Å². The molecular formula is C15H19NO. The smallest absolute Gasteiger partial charge is 0.0871 e. The van der Waals surface area contributed by atoms with E-state index in [9.17, 15) is 5.11 Å². The molecule has 1 unspecified atom stereocenters. The second-order valence-electron chi connectivity index (χ2n) is 5.55. The molecule has 1 aromatic heterocycles. The Kier molecular flexibility index (Phi) is 2.48. The summed E-state index contributed by atoms with van der Waals surface area (Å²) in [6.07, 6.45) is 6.72. The Morgan fingerprint density at radius 2 is 2.18 bits per heavy atom. The maximum Gasteiger partial charge on any atom is 0.0871 e. The molecule has 1 saturated carbocycles. The SMILES string of the molecule is CC(O)(CC1CCC1)c1ccc2[nH]ccc2c1. The lowest BCUT2D eigenvalue weighted by molar-refractivity contribution is 0.0163. The third-order valence-corrected chi connectivity index (χ3v) is 4.09. The summed E-state index contributed by atoms with van der Waals surface area (Å²) in [7, 11) is 0. The number of aromatic amines is 1. The van der Waals surface area contributed by atoms with Crippen molar-refractivity contribution in [2.45, 2.75) is 38.2 Å². The van der Waals surface area contributed by atoms with Crippen LogP contribution in [0.4, 0.5) is 0 Å². The van der Waals surface area contributed by atoms with Gasteiger partial charge in [0.25, 0.3) is 0 Å². The van der Waals surface area contributed by atoms with E-state index in [1.165, 1.54) is 24.6 Å². The number of aromatic nitrogens is 1. The average Bonchev–Trinajstić information content (AvgIpc) is 2.70. The number of H-pyrrole nitrogens is 1. The van der Waals surface area contributed by atoms with E-state index in [0.717, 1.165) is 17.5 Å². The van der Waals surface area contributed by atoms with Gasteiger partial charge in [-0.1, -0.05) is 25.3 Å². The molecule has 0 amide bonds. The van der Waals surface area contributed by atoms with Crippen LogP contribution in [0.3, 0.4) is 0 Å². The first-order valence-corrected chi connectivity index (χ1v) is 6.45. The summed E-state index contributed by atoms with van der Waals surface area (Å²) < 4.78 is 0. The summed E-state index contributed by atoms with van der Waals surface area (Å²) >= 11 is 0. The van der Waals surface area contributed by atoms with Crippen molar-refractivity contribution >= 4 is 10.9 Å². The van der Waals surface area contributed by atoms with E-state index in [2.05, 4.69) is 23.2 Å². The number of hydrogen-bond acceptors (Lipinski definition) is 1. The van der Waals surface area contributed by atoms with Crippen molar-refractivity contribution in [3.8, 4) is 0 Å². The molecule has 1 aromatic carbocycles. The van der Waals surface area contributed by atoms with Crippen LogP contribution in [-0.4, -0.2) is 10.1 Å². The number of rotatable bonds is 3. The van der Waals surface area contributed by atoms with Crippen molar-refractivity contribution in [3.05, 3.63) is 36.0 Å². The molecular weight excluding hydrogens is 210 g/mol. The normalized spacial score (nSPS) is 20.1. The van der Waals surface area contributed by atoms with Crippen LogP contribution in [0.5, 0.6) is 0 Å². The number of benzene rings is 1. The first-order valence-electron chi connectivity index (χ1n) is 6.45. The van der Waals surface area contributed by atoms with Crippen LogP contribution in [0, 0.1) is 5.92 Å². The van der Waals surface area contributed by atoms with Crippen molar-refractivity contribution in [3.63, 3.8) is 0 Å². The highest BCUT2D eigenvalue weighted by Crippen LogP contribution is 2.38. The Morgan fingerprint density at radius 1 is 1.35 bits per heavy atom. The summed E-state index contributed by atoms with van der Waals surface area (Å²) in [5.41, 5.74) is 1.49. The van der Waals surface area contributed by atoms with Crippen molar-refractivity contribution in [1.82, 2.24) is 4.98 Å². The minimum atomic E-state index is -0.684. The van der Waals surface area contributed by atoms with E-state index in [4.69, 9.17) is 0 Å². The van der Waals surface area contributed by atoms with Gasteiger partial charge in [0.05, 0.1) is 5.60 Å². The molecule has 90 valence electrons. The monoisotopic (exact) mass is 229 g/mol. The Balaban J connectivity index is 1.89. The maximum absolute atomic E-state index is 10.6. The quantitative estimate of drug-likeness (QED) is 0.829. The van der Waals surface area contributed by atoms with Crippen LogP contribution in [0.15, 0.2) is 30.5 Å². The number of nitrogens with one attached hydrogen (secondary N) is 1. The molecule has 2 aromatic rings. The topological polar surface area (TPSA) is 36.0 Å². The molecule has 2 nitrogen and oxygen atoms in total. The molecule has 0 bridgehead atoms. The zero-order valence-electron chi connectivity index (χ0n) is 10.2. The van der Waals surface area contributed by atoms with Crippen molar-refractivity contribution in [2.24, 2.45) is 5.92 Å². The van der Waals surface area contributed by atoms with E-state index in [1.807, 2.05) is 19.2 Å². The molecule has 1 aliphatic rings. The first-order chi connectivity index (χ1) is 8.15. The molecule has 1 aliphatic carbocycles. The van der Waals surface area contributed by atoms with Gasteiger partial charge in [0.1, 0.15) is 0 Å². The van der Waals surface area contributed by atoms with Gasteiger partial charge >= 0.3 is 0 Å². The van der Waals surface area contributed by atoms with Crippen molar-refractivity contribution in [2.75, 3.05) is 0 Å². The summed E-state index contributed by atoms with van der Waals surface area (Å²) in [5.74, 6) is 0.715. The lowest BCUT2D eigenvalue weighted by Gasteiger charge is -2.33. The Hall–Kier alpha value is -1.28. The molecule has 1 heterocycles. The van der Waals surface area contributed by atoms with E-state index in [1.54, 1.807) is 0 Å². The molecule has 3 rings (SSSR count). The van der Waals surface area contributed by atoms with Gasteiger partial charge in [0.15, 0.2) is 0 Å². The molecule has 0 saturated heterocycles. The standard InChI is InChI=1S/C15H19NO/c1-15(17,10-11-3-2-4-11)13-5-6-14-12(9-13)7-8-16-14/h5-9,11,16-17H,2-4,10H2,1H3. The van der Waals surface area contributed by atoms with Crippen LogP contribution in [0.1, 0.15) is 38.2 Å². The highest BCUT2D eigenvalue weighted by Gasteiger charge is 2.30. The molecule has 2 heteroatoms. The van der Waals surface area contributed by atoms with E-state index in [0.29, 0.717) is 5.92 Å². The third kappa shape index (κ3) is 1.98. The maximum atomic E-state index is 10.6. The van der Waals surface area contributed by atoms with Gasteiger partial charge in [-0.25, -0.2) is 0 Å². The van der Waals surface area contributed by atoms with E-state index >= 15 is 0 Å². The molecule has 0 aliphatic heterocycles. The lowest BCUT2D eigenvalue weighted by Crippen LogP contribution is -2.27. The Morgan fingerprint density at radius 3 is 2.88 bits per heavy atom. The Labute approximate surface area is 102 Å². The molecule has 1 atom stereocenters. The second-order valence-corrected chi connectivity index (χ2v) is 5.55. The zero-order valence-corrected chi connectivity index (χ0v) is 10.2. The van der Waals surface area contributed by atoms with Crippen LogP contribution < -0.4 is 0 Å². The minimum absolute atomic E-state index is 0.684. The second kappa shape index (κ2) is 3.88. The zero-order chi connectivity index (χ0) is 11.9. The van der Waals surface area contributed by atoms with Gasteiger partial charge in [-0.15, -0.1) is 0 Å². The van der Waals surface area contributed by atoms with Gasteiger partial charge in [0, 0.05) is 11.7 Å². The van der Waals surface area contributed by atoms with Crippen LogP contribution >= 0.6 is 0 Å². The minimum Gasteiger partial charge on any atom is -0.385 e. The number of hydrogen-bond donors (Lipinski definition) is 2. The number of fused-ring (bicyclic) bond motifs is 1. The molecule has 17 heavy (non-hydrogen) atoms. The summed E-state index contributed by atoms with van der Waals surface area (Å²) in [4.78, 5) is 3.18. The van der Waals surface area contributed by atoms with Gasteiger partial charge in [0.2, 0.25) is 0 Å². The first kappa shape index (κ1) is 10.8. The molecule has 0 spiro atoms. The fraction of sp³-hybridized carbons (Fsp3) is 0.467. The number of aliphatic hydroxyl groups is 1. The highest BCUT2D eigenvalue weighted by molar-refractivity contribution is 5.80. The van der Waals surface area contributed by atoms with Gasteiger partial charge < -0.3 is 10.1 Å². The molecule has 2 N–H and O–H groups in total. The average molecular weight is 229 g/mol. The lowest BCUT2D eigenvalue weighted by atomic mass is 9.76.